The number of halogens is 1. The second-order valence-corrected chi connectivity index (χ2v) is 8.48. The maximum Gasteiger partial charge on any atom is 0.224 e. The van der Waals surface area contributed by atoms with E-state index in [0.29, 0.717) is 24.8 Å². The molecule has 0 radical (unpaired) electrons. The van der Waals surface area contributed by atoms with Crippen molar-refractivity contribution in [1.29, 1.82) is 0 Å². The van der Waals surface area contributed by atoms with Gasteiger partial charge in [0.1, 0.15) is 0 Å². The summed E-state index contributed by atoms with van der Waals surface area (Å²) in [7, 11) is -3.52. The first kappa shape index (κ1) is 17.2. The quantitative estimate of drug-likeness (QED) is 0.838. The van der Waals surface area contributed by atoms with Crippen molar-refractivity contribution in [1.82, 2.24) is 4.90 Å². The first-order chi connectivity index (χ1) is 10.2. The number of hydrogen-bond acceptors (Lipinski definition) is 4. The second kappa shape index (κ2) is 6.56. The fourth-order valence-electron chi connectivity index (χ4n) is 2.46. The largest absolute Gasteiger partial charge is 0.377 e. The summed E-state index contributed by atoms with van der Waals surface area (Å²) in [6.45, 7) is 5.25. The van der Waals surface area contributed by atoms with Crippen molar-refractivity contribution in [3.05, 3.63) is 29.3 Å². The van der Waals surface area contributed by atoms with Gasteiger partial charge in [-0.1, -0.05) is 17.7 Å². The number of rotatable bonds is 4. The van der Waals surface area contributed by atoms with Crippen molar-refractivity contribution < 1.29 is 17.9 Å². The minimum absolute atomic E-state index is 0.0434. The summed E-state index contributed by atoms with van der Waals surface area (Å²) in [6.07, 6.45) is -0.0434. The molecule has 1 aromatic rings. The lowest BCUT2D eigenvalue weighted by Crippen LogP contribution is -2.55. The zero-order valence-electron chi connectivity index (χ0n) is 12.7. The van der Waals surface area contributed by atoms with Crippen LogP contribution in [0, 0.1) is 0 Å². The molecular formula is C15H20ClNO4S. The third kappa shape index (κ3) is 4.00. The van der Waals surface area contributed by atoms with Gasteiger partial charge in [0.25, 0.3) is 0 Å². The monoisotopic (exact) mass is 345 g/mol. The van der Waals surface area contributed by atoms with Crippen LogP contribution in [-0.4, -0.2) is 50.3 Å². The molecule has 1 amide bonds. The molecule has 0 unspecified atom stereocenters. The van der Waals surface area contributed by atoms with Crippen molar-refractivity contribution in [2.24, 2.45) is 0 Å². The minimum Gasteiger partial charge on any atom is -0.377 e. The lowest BCUT2D eigenvalue weighted by atomic mass is 10.0. The average molecular weight is 346 g/mol. The Morgan fingerprint density at radius 1 is 1.41 bits per heavy atom. The molecular weight excluding hydrogens is 326 g/mol. The molecule has 122 valence electrons. The van der Waals surface area contributed by atoms with Crippen molar-refractivity contribution in [2.45, 2.75) is 30.7 Å². The summed E-state index contributed by atoms with van der Waals surface area (Å²) in [6, 6.07) is 6.09. The number of sulfone groups is 1. The van der Waals surface area contributed by atoms with Crippen LogP contribution < -0.4 is 0 Å². The number of hydrogen-bond donors (Lipinski definition) is 0. The highest BCUT2D eigenvalue weighted by molar-refractivity contribution is 7.91. The maximum absolute atomic E-state index is 12.3. The molecule has 1 heterocycles. The van der Waals surface area contributed by atoms with Crippen LogP contribution in [0.25, 0.3) is 0 Å². The molecule has 1 aliphatic heterocycles. The normalized spacial score (nSPS) is 18.2. The van der Waals surface area contributed by atoms with Crippen LogP contribution in [0.5, 0.6) is 0 Å². The molecule has 7 heteroatoms. The lowest BCUT2D eigenvalue weighted by molar-refractivity contribution is -0.145. The molecule has 0 aromatic heterocycles. The highest BCUT2D eigenvalue weighted by Gasteiger charge is 2.34. The van der Waals surface area contributed by atoms with Crippen LogP contribution >= 0.6 is 11.6 Å². The summed E-state index contributed by atoms with van der Waals surface area (Å²) in [4.78, 5) is 14.2. The highest BCUT2D eigenvalue weighted by atomic mass is 35.5. The summed E-state index contributed by atoms with van der Waals surface area (Å²) in [5.41, 5.74) is -0.408. The van der Waals surface area contributed by atoms with Gasteiger partial charge in [-0.2, -0.15) is 0 Å². The van der Waals surface area contributed by atoms with Gasteiger partial charge < -0.3 is 9.64 Å². The smallest absolute Gasteiger partial charge is 0.224 e. The number of carbonyl (C=O) groups excluding carboxylic acids is 1. The van der Waals surface area contributed by atoms with Gasteiger partial charge in [-0.05, 0) is 32.0 Å². The summed E-state index contributed by atoms with van der Waals surface area (Å²) < 4.78 is 29.9. The van der Waals surface area contributed by atoms with E-state index < -0.39 is 15.4 Å². The number of benzene rings is 1. The van der Waals surface area contributed by atoms with Gasteiger partial charge in [-0.25, -0.2) is 8.42 Å². The van der Waals surface area contributed by atoms with E-state index in [1.807, 2.05) is 13.8 Å². The van der Waals surface area contributed by atoms with Crippen LogP contribution in [0.4, 0.5) is 0 Å². The third-order valence-corrected chi connectivity index (χ3v) is 5.63. The van der Waals surface area contributed by atoms with Gasteiger partial charge in [0, 0.05) is 18.0 Å². The first-order valence-electron chi connectivity index (χ1n) is 7.09. The Hall–Kier alpha value is -1.11. The lowest BCUT2D eigenvalue weighted by Gasteiger charge is -2.42. The minimum atomic E-state index is -3.52. The van der Waals surface area contributed by atoms with Crippen molar-refractivity contribution in [2.75, 3.05) is 25.5 Å². The number of nitrogens with zero attached hydrogens (tertiary/aromatic N) is 1. The molecule has 0 spiro atoms. The van der Waals surface area contributed by atoms with E-state index in [2.05, 4.69) is 0 Å². The topological polar surface area (TPSA) is 63.7 Å². The Kier molecular flexibility index (Phi) is 5.14. The van der Waals surface area contributed by atoms with E-state index >= 15 is 0 Å². The SMILES string of the molecule is CC1(C)COCCN1C(=O)CCS(=O)(=O)c1cccc(Cl)c1. The molecule has 0 N–H and O–H groups in total. The van der Waals surface area contributed by atoms with E-state index in [1.54, 1.807) is 17.0 Å². The fourth-order valence-corrected chi connectivity index (χ4v) is 3.98. The second-order valence-electron chi connectivity index (χ2n) is 5.94. The molecule has 1 aliphatic rings. The van der Waals surface area contributed by atoms with Crippen LogP contribution in [0.2, 0.25) is 5.02 Å². The summed E-state index contributed by atoms with van der Waals surface area (Å²) >= 11 is 5.82. The Morgan fingerprint density at radius 3 is 2.77 bits per heavy atom. The van der Waals surface area contributed by atoms with E-state index in [-0.39, 0.29) is 23.0 Å². The predicted molar refractivity (Wildman–Crippen MR) is 84.7 cm³/mol. The van der Waals surface area contributed by atoms with Crippen LogP contribution in [0.3, 0.4) is 0 Å². The Balaban J connectivity index is 2.04. The molecule has 2 rings (SSSR count). The fraction of sp³-hybridized carbons (Fsp3) is 0.533. The van der Waals surface area contributed by atoms with Gasteiger partial charge in [-0.3, -0.25) is 4.79 Å². The molecule has 1 fully saturated rings. The zero-order valence-corrected chi connectivity index (χ0v) is 14.3. The Bertz CT molecular complexity index is 657. The standard InChI is InChI=1S/C15H20ClNO4S/c1-15(2)11-21-8-7-17(15)14(18)6-9-22(19,20)13-5-3-4-12(16)10-13/h3-5,10H,6-9,11H2,1-2H3. The van der Waals surface area contributed by atoms with Crippen LogP contribution in [-0.2, 0) is 19.4 Å². The summed E-state index contributed by atoms with van der Waals surface area (Å²) in [5.74, 6) is -0.390. The van der Waals surface area contributed by atoms with E-state index in [1.165, 1.54) is 12.1 Å². The van der Waals surface area contributed by atoms with E-state index in [4.69, 9.17) is 16.3 Å². The van der Waals surface area contributed by atoms with Crippen LogP contribution in [0.1, 0.15) is 20.3 Å². The van der Waals surface area contributed by atoms with Crippen molar-refractivity contribution >= 4 is 27.3 Å². The number of ether oxygens (including phenoxy) is 1. The van der Waals surface area contributed by atoms with Gasteiger partial charge in [0.15, 0.2) is 9.84 Å². The predicted octanol–water partition coefficient (Wildman–Crippen LogP) is 2.14. The molecule has 5 nitrogen and oxygen atoms in total. The maximum atomic E-state index is 12.3. The number of amides is 1. The van der Waals surface area contributed by atoms with Gasteiger partial charge in [0.2, 0.25) is 5.91 Å². The molecule has 0 atom stereocenters. The van der Waals surface area contributed by atoms with Gasteiger partial charge in [0.05, 0.1) is 29.4 Å². The van der Waals surface area contributed by atoms with Gasteiger partial charge in [-0.15, -0.1) is 0 Å². The third-order valence-electron chi connectivity index (χ3n) is 3.69. The molecule has 0 aliphatic carbocycles. The van der Waals surface area contributed by atoms with Crippen molar-refractivity contribution in [3.8, 4) is 0 Å². The first-order valence-corrected chi connectivity index (χ1v) is 9.12. The highest BCUT2D eigenvalue weighted by Crippen LogP contribution is 2.21. The van der Waals surface area contributed by atoms with Crippen molar-refractivity contribution in [3.63, 3.8) is 0 Å². The molecule has 22 heavy (non-hydrogen) atoms. The van der Waals surface area contributed by atoms with Gasteiger partial charge >= 0.3 is 0 Å². The van der Waals surface area contributed by atoms with E-state index in [9.17, 15) is 13.2 Å². The average Bonchev–Trinajstić information content (AvgIpc) is 2.44. The Labute approximate surface area is 136 Å². The number of morpholine rings is 1. The molecule has 0 bridgehead atoms. The van der Waals surface area contributed by atoms with Crippen LogP contribution in [0.15, 0.2) is 29.2 Å². The molecule has 1 saturated heterocycles. The Morgan fingerprint density at radius 2 is 2.14 bits per heavy atom. The number of carbonyl (C=O) groups is 1. The molecule has 1 aromatic carbocycles. The zero-order chi connectivity index (χ0) is 16.4. The summed E-state index contributed by atoms with van der Waals surface area (Å²) in [5, 5.41) is 0.363. The molecule has 0 saturated carbocycles. The van der Waals surface area contributed by atoms with E-state index in [0.717, 1.165) is 0 Å².